The van der Waals surface area contributed by atoms with Gasteiger partial charge in [0.15, 0.2) is 0 Å². The van der Waals surface area contributed by atoms with Crippen LogP contribution in [0.4, 0.5) is 0 Å². The van der Waals surface area contributed by atoms with E-state index in [4.69, 9.17) is 4.74 Å². The van der Waals surface area contributed by atoms with E-state index in [0.717, 1.165) is 43.8 Å². The van der Waals surface area contributed by atoms with E-state index in [2.05, 4.69) is 18.2 Å². The number of aryl methyl sites for hydroxylation is 1. The number of hydrogen-bond acceptors (Lipinski definition) is 2. The molecule has 0 heterocycles. The normalized spacial score (nSPS) is 27.1. The Morgan fingerprint density at radius 3 is 2.56 bits per heavy atom. The number of hydrogen-bond donors (Lipinski definition) is 0. The number of rotatable bonds is 2. The minimum Gasteiger partial charge on any atom is -0.497 e. The van der Waals surface area contributed by atoms with E-state index >= 15 is 0 Å². The molecule has 0 aromatic heterocycles. The number of benzene rings is 1. The summed E-state index contributed by atoms with van der Waals surface area (Å²) in [5.74, 6) is 2.80. The Labute approximate surface area is 108 Å². The smallest absolute Gasteiger partial charge is 0.133 e. The van der Waals surface area contributed by atoms with Gasteiger partial charge >= 0.3 is 0 Å². The molecule has 1 saturated carbocycles. The van der Waals surface area contributed by atoms with Gasteiger partial charge < -0.3 is 4.74 Å². The molecule has 2 atom stereocenters. The largest absolute Gasteiger partial charge is 0.497 e. The first-order valence-corrected chi connectivity index (χ1v) is 6.94. The van der Waals surface area contributed by atoms with Gasteiger partial charge in [0.2, 0.25) is 0 Å². The number of carbonyl (C=O) groups is 1. The number of ether oxygens (including phenoxy) is 1. The highest BCUT2D eigenvalue weighted by Gasteiger charge is 2.31. The molecule has 0 N–H and O–H groups in total. The number of methoxy groups -OCH3 is 1. The third kappa shape index (κ3) is 2.16. The van der Waals surface area contributed by atoms with Crippen LogP contribution in [-0.2, 0) is 17.6 Å². The first kappa shape index (κ1) is 11.8. The van der Waals surface area contributed by atoms with E-state index in [9.17, 15) is 4.79 Å². The van der Waals surface area contributed by atoms with Crippen molar-refractivity contribution in [2.75, 3.05) is 7.11 Å². The number of Topliss-reactive ketones (excluding diaryl/α,β-unsaturated/α-hetero) is 1. The Morgan fingerprint density at radius 1 is 1.06 bits per heavy atom. The van der Waals surface area contributed by atoms with Gasteiger partial charge in [0.1, 0.15) is 11.5 Å². The van der Waals surface area contributed by atoms with Gasteiger partial charge in [0.25, 0.3) is 0 Å². The Kier molecular flexibility index (Phi) is 3.11. The lowest BCUT2D eigenvalue weighted by Gasteiger charge is -2.29. The van der Waals surface area contributed by atoms with Crippen molar-refractivity contribution >= 4 is 5.78 Å². The average Bonchev–Trinajstić information content (AvgIpc) is 2.84. The third-order valence-electron chi connectivity index (χ3n) is 4.63. The van der Waals surface area contributed by atoms with E-state index in [-0.39, 0.29) is 0 Å². The monoisotopic (exact) mass is 244 g/mol. The summed E-state index contributed by atoms with van der Waals surface area (Å²) in [6.07, 6.45) is 6.29. The molecule has 0 aliphatic heterocycles. The molecule has 1 aromatic rings. The van der Waals surface area contributed by atoms with Crippen LogP contribution >= 0.6 is 0 Å². The zero-order chi connectivity index (χ0) is 12.5. The number of carbonyl (C=O) groups excluding carboxylic acids is 1. The molecule has 1 aromatic carbocycles. The molecule has 96 valence electrons. The van der Waals surface area contributed by atoms with Crippen molar-refractivity contribution in [2.24, 2.45) is 11.8 Å². The van der Waals surface area contributed by atoms with Crippen LogP contribution in [0, 0.1) is 11.8 Å². The maximum absolute atomic E-state index is 11.4. The Morgan fingerprint density at radius 2 is 1.83 bits per heavy atom. The minimum atomic E-state index is 0.473. The van der Waals surface area contributed by atoms with Crippen molar-refractivity contribution in [3.8, 4) is 5.75 Å². The molecule has 0 unspecified atom stereocenters. The van der Waals surface area contributed by atoms with E-state index in [1.807, 2.05) is 0 Å². The molecule has 0 bridgehead atoms. The highest BCUT2D eigenvalue weighted by molar-refractivity contribution is 5.80. The van der Waals surface area contributed by atoms with Crippen molar-refractivity contribution in [3.05, 3.63) is 29.3 Å². The van der Waals surface area contributed by atoms with Gasteiger partial charge in [-0.05, 0) is 60.8 Å². The van der Waals surface area contributed by atoms with Gasteiger partial charge in [-0.2, -0.15) is 0 Å². The molecule has 0 radical (unpaired) electrons. The van der Waals surface area contributed by atoms with Crippen LogP contribution in [0.25, 0.3) is 0 Å². The number of fused-ring (bicyclic) bond motifs is 1. The fourth-order valence-corrected chi connectivity index (χ4v) is 3.53. The van der Waals surface area contributed by atoms with Crippen molar-refractivity contribution in [1.29, 1.82) is 0 Å². The molecule has 3 rings (SSSR count). The van der Waals surface area contributed by atoms with Crippen LogP contribution in [0.2, 0.25) is 0 Å². The molecule has 0 amide bonds. The standard InChI is InChI=1S/C16H20O2/c1-18-16-7-5-12-8-11(2-3-14(12)10-16)13-4-6-15(17)9-13/h5,7,10-11,13H,2-4,6,8-9H2,1H3/t11-,13+/m1/s1. The third-order valence-corrected chi connectivity index (χ3v) is 4.63. The second kappa shape index (κ2) is 4.75. The summed E-state index contributed by atoms with van der Waals surface area (Å²) in [6, 6.07) is 6.43. The van der Waals surface area contributed by atoms with Gasteiger partial charge in [-0.25, -0.2) is 0 Å². The Hall–Kier alpha value is -1.31. The topological polar surface area (TPSA) is 26.3 Å². The van der Waals surface area contributed by atoms with E-state index < -0.39 is 0 Å². The van der Waals surface area contributed by atoms with Crippen molar-refractivity contribution in [3.63, 3.8) is 0 Å². The van der Waals surface area contributed by atoms with Crippen LogP contribution in [0.3, 0.4) is 0 Å². The minimum absolute atomic E-state index is 0.473. The van der Waals surface area contributed by atoms with Crippen molar-refractivity contribution < 1.29 is 9.53 Å². The first-order chi connectivity index (χ1) is 8.76. The van der Waals surface area contributed by atoms with Crippen LogP contribution < -0.4 is 4.74 Å². The van der Waals surface area contributed by atoms with Crippen LogP contribution in [0.5, 0.6) is 5.75 Å². The quantitative estimate of drug-likeness (QED) is 0.798. The molecule has 18 heavy (non-hydrogen) atoms. The second-order valence-corrected chi connectivity index (χ2v) is 5.68. The summed E-state index contributed by atoms with van der Waals surface area (Å²) in [5.41, 5.74) is 2.90. The lowest BCUT2D eigenvalue weighted by Crippen LogP contribution is -2.21. The molecule has 2 heteroatoms. The molecule has 0 spiro atoms. The van der Waals surface area contributed by atoms with E-state index in [1.54, 1.807) is 7.11 Å². The summed E-state index contributed by atoms with van der Waals surface area (Å²) in [5, 5.41) is 0. The maximum Gasteiger partial charge on any atom is 0.133 e. The van der Waals surface area contributed by atoms with Crippen molar-refractivity contribution in [2.45, 2.75) is 38.5 Å². The summed E-state index contributed by atoms with van der Waals surface area (Å²) < 4.78 is 5.28. The van der Waals surface area contributed by atoms with Gasteiger partial charge in [-0.1, -0.05) is 6.07 Å². The summed E-state index contributed by atoms with van der Waals surface area (Å²) in [6.45, 7) is 0. The Bertz CT molecular complexity index is 464. The summed E-state index contributed by atoms with van der Waals surface area (Å²) in [7, 11) is 1.72. The fraction of sp³-hybridized carbons (Fsp3) is 0.562. The van der Waals surface area contributed by atoms with Gasteiger partial charge in [0, 0.05) is 12.8 Å². The highest BCUT2D eigenvalue weighted by atomic mass is 16.5. The van der Waals surface area contributed by atoms with E-state index in [1.165, 1.54) is 17.5 Å². The number of ketones is 1. The summed E-state index contributed by atoms with van der Waals surface area (Å²) >= 11 is 0. The molecule has 0 saturated heterocycles. The van der Waals surface area contributed by atoms with Crippen LogP contribution in [0.15, 0.2) is 18.2 Å². The van der Waals surface area contributed by atoms with E-state index in [0.29, 0.717) is 11.7 Å². The SMILES string of the molecule is COc1ccc2c(c1)CC[C@@H]([C@H]1CCC(=O)C1)C2. The predicted molar refractivity (Wildman–Crippen MR) is 70.9 cm³/mol. The lowest BCUT2D eigenvalue weighted by molar-refractivity contribution is -0.117. The zero-order valence-corrected chi connectivity index (χ0v) is 10.9. The first-order valence-electron chi connectivity index (χ1n) is 6.94. The molecule has 2 aliphatic rings. The second-order valence-electron chi connectivity index (χ2n) is 5.68. The van der Waals surface area contributed by atoms with Gasteiger partial charge in [-0.3, -0.25) is 4.79 Å². The molecule has 2 aliphatic carbocycles. The van der Waals surface area contributed by atoms with Gasteiger partial charge in [0.05, 0.1) is 7.11 Å². The molecule has 2 nitrogen and oxygen atoms in total. The average molecular weight is 244 g/mol. The van der Waals surface area contributed by atoms with Gasteiger partial charge in [-0.15, -0.1) is 0 Å². The predicted octanol–water partition coefficient (Wildman–Crippen LogP) is 3.17. The fourth-order valence-electron chi connectivity index (χ4n) is 3.53. The van der Waals surface area contributed by atoms with Crippen molar-refractivity contribution in [1.82, 2.24) is 0 Å². The lowest BCUT2D eigenvalue weighted by atomic mass is 9.76. The molecular formula is C16H20O2. The highest BCUT2D eigenvalue weighted by Crippen LogP contribution is 2.38. The van der Waals surface area contributed by atoms with Crippen LogP contribution in [-0.4, -0.2) is 12.9 Å². The Balaban J connectivity index is 1.75. The molecule has 1 fully saturated rings. The maximum atomic E-state index is 11.4. The zero-order valence-electron chi connectivity index (χ0n) is 10.9. The van der Waals surface area contributed by atoms with Crippen LogP contribution in [0.1, 0.15) is 36.8 Å². The summed E-state index contributed by atoms with van der Waals surface area (Å²) in [4.78, 5) is 11.4. The molecular weight excluding hydrogens is 224 g/mol.